The summed E-state index contributed by atoms with van der Waals surface area (Å²) in [6, 6.07) is 0.626. The standard InChI is InChI=1S/C25H54N4/c1-4-6-7-8-9-10-11-12-13-14-15-16-17-18-19-20-21-24(3)29(5-2)23-22-28-25(26)27/h24H,4-23H2,1-3H3,(H4,26,27,28). The van der Waals surface area contributed by atoms with E-state index in [1.54, 1.807) is 0 Å². The molecule has 0 aliphatic carbocycles. The van der Waals surface area contributed by atoms with Crippen molar-refractivity contribution in [3.8, 4) is 0 Å². The highest BCUT2D eigenvalue weighted by atomic mass is 15.2. The number of hydrogen-bond donors (Lipinski definition) is 2. The predicted octanol–water partition coefficient (Wildman–Crippen LogP) is 6.62. The lowest BCUT2D eigenvalue weighted by molar-refractivity contribution is 0.212. The van der Waals surface area contributed by atoms with Gasteiger partial charge in [-0.25, -0.2) is 0 Å². The molecular weight excluding hydrogens is 356 g/mol. The van der Waals surface area contributed by atoms with Crippen molar-refractivity contribution in [2.75, 3.05) is 19.6 Å². The molecule has 0 bridgehead atoms. The van der Waals surface area contributed by atoms with Crippen LogP contribution in [-0.4, -0.2) is 36.5 Å². The third-order valence-corrected chi connectivity index (χ3v) is 6.19. The summed E-state index contributed by atoms with van der Waals surface area (Å²) in [5.41, 5.74) is 10.8. The van der Waals surface area contributed by atoms with Crippen molar-refractivity contribution in [2.45, 2.75) is 136 Å². The zero-order valence-electron chi connectivity index (χ0n) is 20.3. The van der Waals surface area contributed by atoms with E-state index in [1.807, 2.05) is 0 Å². The van der Waals surface area contributed by atoms with E-state index in [0.29, 0.717) is 12.6 Å². The maximum absolute atomic E-state index is 5.41. The molecular formula is C25H54N4. The summed E-state index contributed by atoms with van der Waals surface area (Å²) >= 11 is 0. The van der Waals surface area contributed by atoms with Gasteiger partial charge in [0.1, 0.15) is 0 Å². The smallest absolute Gasteiger partial charge is 0.185 e. The molecule has 0 amide bonds. The Kier molecular flexibility index (Phi) is 21.3. The van der Waals surface area contributed by atoms with Crippen LogP contribution in [0, 0.1) is 0 Å². The lowest BCUT2D eigenvalue weighted by Gasteiger charge is -2.27. The quantitative estimate of drug-likeness (QED) is 0.120. The van der Waals surface area contributed by atoms with E-state index in [0.717, 1.165) is 13.1 Å². The maximum atomic E-state index is 5.41. The number of nitrogens with two attached hydrogens (primary N) is 2. The molecule has 0 aliphatic heterocycles. The van der Waals surface area contributed by atoms with E-state index >= 15 is 0 Å². The Morgan fingerprint density at radius 3 is 1.48 bits per heavy atom. The Morgan fingerprint density at radius 2 is 1.10 bits per heavy atom. The average Bonchev–Trinajstić information content (AvgIpc) is 2.70. The number of rotatable bonds is 22. The molecule has 1 unspecified atom stereocenters. The molecule has 174 valence electrons. The summed E-state index contributed by atoms with van der Waals surface area (Å²) in [5, 5.41) is 0. The van der Waals surface area contributed by atoms with Gasteiger partial charge in [0.25, 0.3) is 0 Å². The number of guanidine groups is 1. The molecule has 29 heavy (non-hydrogen) atoms. The second-order valence-corrected chi connectivity index (χ2v) is 8.88. The van der Waals surface area contributed by atoms with E-state index < -0.39 is 0 Å². The van der Waals surface area contributed by atoms with Crippen molar-refractivity contribution in [1.82, 2.24) is 4.90 Å². The van der Waals surface area contributed by atoms with Crippen LogP contribution in [0.2, 0.25) is 0 Å². The van der Waals surface area contributed by atoms with Gasteiger partial charge in [0.15, 0.2) is 5.96 Å². The predicted molar refractivity (Wildman–Crippen MR) is 132 cm³/mol. The molecule has 1 atom stereocenters. The summed E-state index contributed by atoms with van der Waals surface area (Å²) in [4.78, 5) is 6.59. The van der Waals surface area contributed by atoms with Crippen LogP contribution in [0.1, 0.15) is 130 Å². The van der Waals surface area contributed by atoms with Crippen LogP contribution in [0.5, 0.6) is 0 Å². The number of hydrogen-bond acceptors (Lipinski definition) is 2. The topological polar surface area (TPSA) is 67.6 Å². The molecule has 0 fully saturated rings. The first-order valence-corrected chi connectivity index (χ1v) is 12.9. The van der Waals surface area contributed by atoms with E-state index in [2.05, 4.69) is 30.7 Å². The molecule has 4 nitrogen and oxygen atoms in total. The molecule has 4 N–H and O–H groups in total. The number of nitrogens with zero attached hydrogens (tertiary/aromatic N) is 2. The summed E-state index contributed by atoms with van der Waals surface area (Å²) < 4.78 is 0. The molecule has 0 aromatic rings. The highest BCUT2D eigenvalue weighted by Gasteiger charge is 2.10. The van der Waals surface area contributed by atoms with Crippen LogP contribution in [0.4, 0.5) is 0 Å². The Morgan fingerprint density at radius 1 is 0.690 bits per heavy atom. The Bertz CT molecular complexity index is 353. The summed E-state index contributed by atoms with van der Waals surface area (Å²) in [6.07, 6.45) is 24.2. The zero-order valence-corrected chi connectivity index (χ0v) is 20.3. The van der Waals surface area contributed by atoms with E-state index in [-0.39, 0.29) is 5.96 Å². The zero-order chi connectivity index (χ0) is 21.6. The lowest BCUT2D eigenvalue weighted by atomic mass is 10.0. The summed E-state index contributed by atoms with van der Waals surface area (Å²) in [6.45, 7) is 9.58. The van der Waals surface area contributed by atoms with Gasteiger partial charge in [-0.1, -0.05) is 117 Å². The van der Waals surface area contributed by atoms with Crippen LogP contribution in [0.15, 0.2) is 4.99 Å². The van der Waals surface area contributed by atoms with Gasteiger partial charge >= 0.3 is 0 Å². The highest BCUT2D eigenvalue weighted by Crippen LogP contribution is 2.15. The fourth-order valence-electron chi connectivity index (χ4n) is 4.17. The highest BCUT2D eigenvalue weighted by molar-refractivity contribution is 5.75. The minimum Gasteiger partial charge on any atom is -0.370 e. The first kappa shape index (κ1) is 28.2. The number of aliphatic imine (C=N–C) groups is 1. The van der Waals surface area contributed by atoms with Gasteiger partial charge in [-0.05, 0) is 19.9 Å². The monoisotopic (exact) mass is 410 g/mol. The minimum atomic E-state index is 0.200. The fourth-order valence-corrected chi connectivity index (χ4v) is 4.17. The SMILES string of the molecule is CCCCCCCCCCCCCCCCCCC(C)N(CC)CCN=C(N)N. The second kappa shape index (κ2) is 21.9. The summed E-state index contributed by atoms with van der Waals surface area (Å²) in [5.74, 6) is 0.200. The van der Waals surface area contributed by atoms with Crippen molar-refractivity contribution in [3.63, 3.8) is 0 Å². The second-order valence-electron chi connectivity index (χ2n) is 8.88. The first-order chi connectivity index (χ1) is 14.1. The van der Waals surface area contributed by atoms with Crippen LogP contribution >= 0.6 is 0 Å². The van der Waals surface area contributed by atoms with E-state index in [9.17, 15) is 0 Å². The van der Waals surface area contributed by atoms with E-state index in [1.165, 1.54) is 109 Å². The third-order valence-electron chi connectivity index (χ3n) is 6.19. The molecule has 0 aromatic heterocycles. The van der Waals surface area contributed by atoms with Crippen molar-refractivity contribution in [3.05, 3.63) is 0 Å². The van der Waals surface area contributed by atoms with Gasteiger partial charge in [-0.3, -0.25) is 9.89 Å². The van der Waals surface area contributed by atoms with Crippen molar-refractivity contribution < 1.29 is 0 Å². The van der Waals surface area contributed by atoms with E-state index in [4.69, 9.17) is 11.5 Å². The van der Waals surface area contributed by atoms with Gasteiger partial charge in [0.2, 0.25) is 0 Å². The minimum absolute atomic E-state index is 0.200. The third kappa shape index (κ3) is 20.3. The van der Waals surface area contributed by atoms with Gasteiger partial charge in [-0.2, -0.15) is 0 Å². The molecule has 0 aliphatic rings. The maximum Gasteiger partial charge on any atom is 0.185 e. The van der Waals surface area contributed by atoms with Gasteiger partial charge in [-0.15, -0.1) is 0 Å². The first-order valence-electron chi connectivity index (χ1n) is 12.9. The molecule has 0 saturated heterocycles. The van der Waals surface area contributed by atoms with Crippen LogP contribution < -0.4 is 11.5 Å². The Labute approximate surface area is 183 Å². The van der Waals surface area contributed by atoms with Gasteiger partial charge < -0.3 is 11.5 Å². The fraction of sp³-hybridized carbons (Fsp3) is 0.960. The van der Waals surface area contributed by atoms with Crippen molar-refractivity contribution in [1.29, 1.82) is 0 Å². The Balaban J connectivity index is 3.36. The van der Waals surface area contributed by atoms with Crippen molar-refractivity contribution in [2.24, 2.45) is 16.5 Å². The van der Waals surface area contributed by atoms with Gasteiger partial charge in [0, 0.05) is 12.6 Å². The molecule has 0 radical (unpaired) electrons. The Hall–Kier alpha value is -0.770. The van der Waals surface area contributed by atoms with Crippen LogP contribution in [0.3, 0.4) is 0 Å². The van der Waals surface area contributed by atoms with Crippen LogP contribution in [-0.2, 0) is 0 Å². The number of unbranched alkanes of at least 4 members (excludes halogenated alkanes) is 15. The average molecular weight is 411 g/mol. The normalized spacial score (nSPS) is 12.4. The summed E-state index contributed by atoms with van der Waals surface area (Å²) in [7, 11) is 0. The largest absolute Gasteiger partial charge is 0.370 e. The number of likely N-dealkylation sites (N-methyl/N-ethyl adjacent to an activating group) is 1. The molecule has 0 spiro atoms. The van der Waals surface area contributed by atoms with Crippen molar-refractivity contribution >= 4 is 5.96 Å². The lowest BCUT2D eigenvalue weighted by Crippen LogP contribution is -2.35. The molecule has 0 rings (SSSR count). The van der Waals surface area contributed by atoms with Crippen LogP contribution in [0.25, 0.3) is 0 Å². The molecule has 4 heteroatoms. The molecule has 0 saturated carbocycles. The molecule has 0 heterocycles. The van der Waals surface area contributed by atoms with Gasteiger partial charge in [0.05, 0.1) is 6.54 Å². The molecule has 0 aromatic carbocycles.